The van der Waals surface area contributed by atoms with Gasteiger partial charge in [-0.1, -0.05) is 97.1 Å². The van der Waals surface area contributed by atoms with E-state index in [4.69, 9.17) is 9.47 Å². The van der Waals surface area contributed by atoms with Crippen molar-refractivity contribution in [1.29, 1.82) is 0 Å². The molecule has 0 saturated carbocycles. The van der Waals surface area contributed by atoms with Crippen LogP contribution in [0.15, 0.2) is 103 Å². The summed E-state index contributed by atoms with van der Waals surface area (Å²) in [6.07, 6.45) is 9.20. The third-order valence-electron chi connectivity index (χ3n) is 6.65. The summed E-state index contributed by atoms with van der Waals surface area (Å²) in [4.78, 5) is 23.7. The SMILES string of the molecule is CCOC(=O)COc1c2ccccc2cc2ccccc12.O=C1c2ccccc2CC2C=CC=CC12. The van der Waals surface area contributed by atoms with Crippen molar-refractivity contribution in [3.8, 4) is 5.75 Å². The average Bonchev–Trinajstić information content (AvgIpc) is 2.92. The second-order valence-electron chi connectivity index (χ2n) is 8.93. The molecule has 2 unspecified atom stereocenters. The highest BCUT2D eigenvalue weighted by molar-refractivity contribution is 6.05. The molecule has 0 aliphatic heterocycles. The first-order valence-corrected chi connectivity index (χ1v) is 12.3. The molecule has 180 valence electrons. The number of Topliss-reactive ketones (excluding diaryl/α,β-unsaturated/α-hetero) is 1. The highest BCUT2D eigenvalue weighted by atomic mass is 16.6. The fraction of sp³-hybridized carbons (Fsp3) is 0.188. The van der Waals surface area contributed by atoms with Gasteiger partial charge in [-0.2, -0.15) is 0 Å². The molecule has 0 amide bonds. The van der Waals surface area contributed by atoms with Crippen LogP contribution in [0.5, 0.6) is 5.75 Å². The Kier molecular flexibility index (Phi) is 6.94. The topological polar surface area (TPSA) is 52.6 Å². The van der Waals surface area contributed by atoms with Crippen molar-refractivity contribution in [3.63, 3.8) is 0 Å². The third-order valence-corrected chi connectivity index (χ3v) is 6.65. The Hall–Kier alpha value is -4.18. The van der Waals surface area contributed by atoms with Crippen molar-refractivity contribution < 1.29 is 19.1 Å². The number of hydrogen-bond acceptors (Lipinski definition) is 4. The Balaban J connectivity index is 0.000000156. The van der Waals surface area contributed by atoms with E-state index < -0.39 is 0 Å². The molecule has 2 atom stereocenters. The maximum absolute atomic E-state index is 12.2. The van der Waals surface area contributed by atoms with E-state index in [-0.39, 0.29) is 24.3 Å². The standard InChI is InChI=1S/C18H16O3.C14H12O/c1-2-20-17(19)12-21-18-15-9-5-3-7-13(15)11-14-8-4-6-10-16(14)18;15-14-12-7-3-1-5-10(12)9-11-6-2-4-8-13(11)14/h3-11H,2,12H2,1H3;1-8,10,12H,9H2. The largest absolute Gasteiger partial charge is 0.481 e. The summed E-state index contributed by atoms with van der Waals surface area (Å²) in [6, 6.07) is 26.1. The maximum Gasteiger partial charge on any atom is 0.344 e. The fourth-order valence-electron chi connectivity index (χ4n) is 4.96. The zero-order chi connectivity index (χ0) is 24.9. The number of ketones is 1. The highest BCUT2D eigenvalue weighted by Crippen LogP contribution is 2.35. The first kappa shape index (κ1) is 23.6. The van der Waals surface area contributed by atoms with Crippen molar-refractivity contribution in [2.24, 2.45) is 11.8 Å². The van der Waals surface area contributed by atoms with Gasteiger partial charge in [-0.05, 0) is 41.7 Å². The maximum atomic E-state index is 12.2. The van der Waals surface area contributed by atoms with Crippen LogP contribution < -0.4 is 4.74 Å². The van der Waals surface area contributed by atoms with Crippen LogP contribution in [0.25, 0.3) is 21.5 Å². The van der Waals surface area contributed by atoms with Crippen LogP contribution >= 0.6 is 0 Å². The number of ether oxygens (including phenoxy) is 2. The van der Waals surface area contributed by atoms with Crippen molar-refractivity contribution in [3.05, 3.63) is 114 Å². The van der Waals surface area contributed by atoms with Gasteiger partial charge in [-0.15, -0.1) is 0 Å². The minimum absolute atomic E-state index is 0.0740. The normalized spacial score (nSPS) is 17.6. The molecular weight excluding hydrogens is 448 g/mol. The zero-order valence-electron chi connectivity index (χ0n) is 20.2. The van der Waals surface area contributed by atoms with Crippen molar-refractivity contribution in [2.75, 3.05) is 13.2 Å². The molecule has 0 saturated heterocycles. The van der Waals surface area contributed by atoms with Crippen LogP contribution in [0.1, 0.15) is 22.8 Å². The molecule has 0 heterocycles. The lowest BCUT2D eigenvalue weighted by atomic mass is 9.73. The molecular formula is C32H28O4. The Bertz CT molecular complexity index is 1430. The number of hydrogen-bond donors (Lipinski definition) is 0. The van der Waals surface area contributed by atoms with Crippen molar-refractivity contribution >= 4 is 33.3 Å². The molecule has 36 heavy (non-hydrogen) atoms. The number of allylic oxidation sites excluding steroid dienone is 4. The van der Waals surface area contributed by atoms with Gasteiger partial charge in [0, 0.05) is 22.3 Å². The van der Waals surface area contributed by atoms with E-state index in [0.29, 0.717) is 12.5 Å². The van der Waals surface area contributed by atoms with E-state index >= 15 is 0 Å². The number of rotatable bonds is 4. The molecule has 2 aliphatic carbocycles. The number of benzene rings is 4. The molecule has 0 fully saturated rings. The van der Waals surface area contributed by atoms with Crippen LogP contribution in [0, 0.1) is 11.8 Å². The summed E-state index contributed by atoms with van der Waals surface area (Å²) < 4.78 is 10.7. The van der Waals surface area contributed by atoms with Crippen LogP contribution in [0.2, 0.25) is 0 Å². The zero-order valence-corrected chi connectivity index (χ0v) is 20.2. The van der Waals surface area contributed by atoms with Gasteiger partial charge in [0.2, 0.25) is 0 Å². The minimum atomic E-state index is -0.352. The van der Waals surface area contributed by atoms with Crippen molar-refractivity contribution in [1.82, 2.24) is 0 Å². The fourth-order valence-corrected chi connectivity index (χ4v) is 4.96. The van der Waals surface area contributed by atoms with Crippen LogP contribution in [-0.4, -0.2) is 25.0 Å². The molecule has 0 radical (unpaired) electrons. The Labute approximate surface area is 210 Å². The number of esters is 1. The van der Waals surface area contributed by atoms with Gasteiger partial charge in [-0.25, -0.2) is 4.79 Å². The summed E-state index contributed by atoms with van der Waals surface area (Å²) in [6.45, 7) is 2.07. The number of fused-ring (bicyclic) bond motifs is 4. The minimum Gasteiger partial charge on any atom is -0.481 e. The van der Waals surface area contributed by atoms with Gasteiger partial charge in [-0.3, -0.25) is 4.79 Å². The predicted molar refractivity (Wildman–Crippen MR) is 143 cm³/mol. The summed E-state index contributed by atoms with van der Waals surface area (Å²) in [5.41, 5.74) is 2.11. The Morgan fingerprint density at radius 1 is 0.861 bits per heavy atom. The van der Waals surface area contributed by atoms with Crippen molar-refractivity contribution in [2.45, 2.75) is 13.3 Å². The average molecular weight is 477 g/mol. The molecule has 0 aromatic heterocycles. The lowest BCUT2D eigenvalue weighted by molar-refractivity contribution is -0.145. The molecule has 4 nitrogen and oxygen atoms in total. The molecule has 0 N–H and O–H groups in total. The van der Waals surface area contributed by atoms with Gasteiger partial charge in [0.05, 0.1) is 6.61 Å². The first-order chi connectivity index (χ1) is 17.7. The summed E-state index contributed by atoms with van der Waals surface area (Å²) in [5, 5.41) is 4.19. The van der Waals surface area contributed by atoms with E-state index in [0.717, 1.165) is 39.3 Å². The lowest BCUT2D eigenvalue weighted by Crippen LogP contribution is -2.29. The molecule has 0 bridgehead atoms. The highest BCUT2D eigenvalue weighted by Gasteiger charge is 2.32. The van der Waals surface area contributed by atoms with Gasteiger partial charge in [0.25, 0.3) is 0 Å². The third kappa shape index (κ3) is 4.80. The van der Waals surface area contributed by atoms with E-state index in [2.05, 4.69) is 18.2 Å². The second-order valence-corrected chi connectivity index (χ2v) is 8.93. The van der Waals surface area contributed by atoms with E-state index in [9.17, 15) is 9.59 Å². The molecule has 6 rings (SSSR count). The van der Waals surface area contributed by atoms with Crippen LogP contribution in [0.4, 0.5) is 0 Å². The van der Waals surface area contributed by atoms with Gasteiger partial charge in [0.1, 0.15) is 5.75 Å². The predicted octanol–water partition coefficient (Wildman–Crippen LogP) is 6.72. The molecule has 4 aromatic carbocycles. The molecule has 4 heteroatoms. The molecule has 4 aromatic rings. The Morgan fingerprint density at radius 2 is 1.50 bits per heavy atom. The summed E-state index contributed by atoms with van der Waals surface area (Å²) in [5.74, 6) is 1.11. The quantitative estimate of drug-likeness (QED) is 0.242. The molecule has 0 spiro atoms. The van der Waals surface area contributed by atoms with E-state index in [1.165, 1.54) is 5.56 Å². The van der Waals surface area contributed by atoms with Crippen LogP contribution in [0.3, 0.4) is 0 Å². The number of carbonyl (C=O) groups is 2. The van der Waals surface area contributed by atoms with Gasteiger partial charge < -0.3 is 9.47 Å². The monoisotopic (exact) mass is 476 g/mol. The van der Waals surface area contributed by atoms with Gasteiger partial charge in [0.15, 0.2) is 12.4 Å². The smallest absolute Gasteiger partial charge is 0.344 e. The van der Waals surface area contributed by atoms with E-state index in [1.807, 2.05) is 85.0 Å². The lowest BCUT2D eigenvalue weighted by Gasteiger charge is -2.29. The second kappa shape index (κ2) is 10.6. The summed E-state index contributed by atoms with van der Waals surface area (Å²) >= 11 is 0. The number of carbonyl (C=O) groups excluding carboxylic acids is 2. The molecule has 2 aliphatic rings. The Morgan fingerprint density at radius 3 is 2.22 bits per heavy atom. The first-order valence-electron chi connectivity index (χ1n) is 12.3. The van der Waals surface area contributed by atoms with Crippen LogP contribution in [-0.2, 0) is 16.0 Å². The van der Waals surface area contributed by atoms with E-state index in [1.54, 1.807) is 6.92 Å². The van der Waals surface area contributed by atoms with Gasteiger partial charge >= 0.3 is 5.97 Å². The summed E-state index contributed by atoms with van der Waals surface area (Å²) in [7, 11) is 0.